The Bertz CT molecular complexity index is 328. The van der Waals surface area contributed by atoms with Crippen LogP contribution in [0.25, 0.3) is 0 Å². The molecule has 1 aromatic rings. The average Bonchev–Trinajstić information content (AvgIpc) is 2.27. The number of halogens is 2. The predicted molar refractivity (Wildman–Crippen MR) is 70.3 cm³/mol. The molecule has 0 aliphatic heterocycles. The van der Waals surface area contributed by atoms with E-state index in [1.165, 1.54) is 6.07 Å². The molecule has 0 aromatic heterocycles. The first-order valence-electron chi connectivity index (χ1n) is 5.80. The summed E-state index contributed by atoms with van der Waals surface area (Å²) in [5.74, 6) is 0.146. The molecule has 0 aliphatic carbocycles. The van der Waals surface area contributed by atoms with Gasteiger partial charge in [0.25, 0.3) is 0 Å². The highest BCUT2D eigenvalue weighted by molar-refractivity contribution is 9.10. The molecule has 0 aliphatic rings. The summed E-state index contributed by atoms with van der Waals surface area (Å²) in [4.78, 5) is 0. The van der Waals surface area contributed by atoms with Gasteiger partial charge in [-0.3, -0.25) is 0 Å². The van der Waals surface area contributed by atoms with E-state index < -0.39 is 0 Å². The standard InChI is InChI=1S/C13H19BrFN/c1-3-7-16-8-6-10(2)12-9-11(14)4-5-13(12)15/h4-5,9-10,16H,3,6-8H2,1-2H3. The van der Waals surface area contributed by atoms with E-state index in [1.54, 1.807) is 6.07 Å². The topological polar surface area (TPSA) is 12.0 Å². The second kappa shape index (κ2) is 7.02. The molecule has 1 unspecified atom stereocenters. The normalized spacial score (nSPS) is 12.8. The Morgan fingerprint density at radius 1 is 1.38 bits per heavy atom. The molecule has 1 rings (SSSR count). The molecule has 0 amide bonds. The summed E-state index contributed by atoms with van der Waals surface area (Å²) in [6.07, 6.45) is 2.10. The van der Waals surface area contributed by atoms with E-state index >= 15 is 0 Å². The number of hydrogen-bond acceptors (Lipinski definition) is 1. The van der Waals surface area contributed by atoms with Crippen molar-refractivity contribution in [2.75, 3.05) is 13.1 Å². The SMILES string of the molecule is CCCNCCC(C)c1cc(Br)ccc1F. The van der Waals surface area contributed by atoms with E-state index in [0.717, 1.165) is 36.0 Å². The fourth-order valence-corrected chi connectivity index (χ4v) is 2.05. The third-order valence-electron chi connectivity index (χ3n) is 2.67. The highest BCUT2D eigenvalue weighted by atomic mass is 79.9. The summed E-state index contributed by atoms with van der Waals surface area (Å²) in [5.41, 5.74) is 0.799. The predicted octanol–water partition coefficient (Wildman–Crippen LogP) is 4.08. The van der Waals surface area contributed by atoms with Gasteiger partial charge in [-0.2, -0.15) is 0 Å². The molecule has 0 heterocycles. The fourth-order valence-electron chi connectivity index (χ4n) is 1.67. The van der Waals surface area contributed by atoms with Crippen LogP contribution in [0, 0.1) is 5.82 Å². The molecular formula is C13H19BrFN. The number of hydrogen-bond donors (Lipinski definition) is 1. The van der Waals surface area contributed by atoms with Crippen molar-refractivity contribution in [3.05, 3.63) is 34.1 Å². The van der Waals surface area contributed by atoms with Gasteiger partial charge in [0.05, 0.1) is 0 Å². The molecule has 3 heteroatoms. The molecule has 1 N–H and O–H groups in total. The molecule has 1 aromatic carbocycles. The van der Waals surface area contributed by atoms with Crippen molar-refractivity contribution < 1.29 is 4.39 Å². The second-order valence-electron chi connectivity index (χ2n) is 4.11. The molecule has 16 heavy (non-hydrogen) atoms. The van der Waals surface area contributed by atoms with Crippen molar-refractivity contribution in [2.45, 2.75) is 32.6 Å². The summed E-state index contributed by atoms with van der Waals surface area (Å²) < 4.78 is 14.5. The summed E-state index contributed by atoms with van der Waals surface area (Å²) in [7, 11) is 0. The van der Waals surface area contributed by atoms with E-state index in [0.29, 0.717) is 0 Å². The van der Waals surface area contributed by atoms with Gasteiger partial charge in [-0.1, -0.05) is 29.8 Å². The van der Waals surface area contributed by atoms with Crippen LogP contribution in [0.4, 0.5) is 4.39 Å². The summed E-state index contributed by atoms with van der Waals surface area (Å²) in [6.45, 7) is 6.19. The van der Waals surface area contributed by atoms with Crippen molar-refractivity contribution >= 4 is 15.9 Å². The molecule has 0 saturated heterocycles. The molecule has 0 saturated carbocycles. The average molecular weight is 288 g/mol. The Kier molecular flexibility index (Phi) is 5.99. The zero-order valence-electron chi connectivity index (χ0n) is 9.89. The van der Waals surface area contributed by atoms with Crippen molar-refractivity contribution in [1.29, 1.82) is 0 Å². The van der Waals surface area contributed by atoms with E-state index in [9.17, 15) is 4.39 Å². The van der Waals surface area contributed by atoms with Crippen molar-refractivity contribution in [2.24, 2.45) is 0 Å². The van der Waals surface area contributed by atoms with Crippen LogP contribution < -0.4 is 5.32 Å². The lowest BCUT2D eigenvalue weighted by Crippen LogP contribution is -2.17. The lowest BCUT2D eigenvalue weighted by atomic mass is 9.97. The van der Waals surface area contributed by atoms with Crippen LogP contribution in [0.15, 0.2) is 22.7 Å². The highest BCUT2D eigenvalue weighted by Crippen LogP contribution is 2.25. The molecule has 1 nitrogen and oxygen atoms in total. The van der Waals surface area contributed by atoms with Gasteiger partial charge < -0.3 is 5.32 Å². The Morgan fingerprint density at radius 2 is 2.12 bits per heavy atom. The van der Waals surface area contributed by atoms with Crippen LogP contribution >= 0.6 is 15.9 Å². The Morgan fingerprint density at radius 3 is 2.81 bits per heavy atom. The summed E-state index contributed by atoms with van der Waals surface area (Å²) >= 11 is 3.38. The molecule has 0 radical (unpaired) electrons. The fraction of sp³-hybridized carbons (Fsp3) is 0.538. The lowest BCUT2D eigenvalue weighted by Gasteiger charge is -2.13. The minimum atomic E-state index is -0.105. The maximum absolute atomic E-state index is 13.6. The Balaban J connectivity index is 2.51. The van der Waals surface area contributed by atoms with Crippen LogP contribution in [0.5, 0.6) is 0 Å². The van der Waals surface area contributed by atoms with Crippen LogP contribution in [-0.2, 0) is 0 Å². The van der Waals surface area contributed by atoms with Gasteiger partial charge in [-0.05, 0) is 55.6 Å². The van der Waals surface area contributed by atoms with Gasteiger partial charge in [0, 0.05) is 4.47 Å². The molecule has 90 valence electrons. The quantitative estimate of drug-likeness (QED) is 0.778. The third kappa shape index (κ3) is 4.22. The van der Waals surface area contributed by atoms with E-state index in [2.05, 4.69) is 35.1 Å². The van der Waals surface area contributed by atoms with Crippen LogP contribution in [0.3, 0.4) is 0 Å². The van der Waals surface area contributed by atoms with Crippen LogP contribution in [0.2, 0.25) is 0 Å². The zero-order chi connectivity index (χ0) is 12.0. The highest BCUT2D eigenvalue weighted by Gasteiger charge is 2.10. The first-order valence-corrected chi connectivity index (χ1v) is 6.60. The van der Waals surface area contributed by atoms with Gasteiger partial charge in [0.2, 0.25) is 0 Å². The number of benzene rings is 1. The van der Waals surface area contributed by atoms with Crippen LogP contribution in [0.1, 0.15) is 38.2 Å². The smallest absolute Gasteiger partial charge is 0.126 e. The van der Waals surface area contributed by atoms with Gasteiger partial charge in [0.1, 0.15) is 5.82 Å². The third-order valence-corrected chi connectivity index (χ3v) is 3.16. The van der Waals surface area contributed by atoms with E-state index in [-0.39, 0.29) is 11.7 Å². The molecule has 1 atom stereocenters. The molecular weight excluding hydrogens is 269 g/mol. The Hall–Kier alpha value is -0.410. The Labute approximate surface area is 106 Å². The number of nitrogens with one attached hydrogen (secondary N) is 1. The van der Waals surface area contributed by atoms with Gasteiger partial charge in [-0.25, -0.2) is 4.39 Å². The minimum absolute atomic E-state index is 0.105. The molecule has 0 fully saturated rings. The first-order chi connectivity index (χ1) is 7.65. The van der Waals surface area contributed by atoms with E-state index in [1.807, 2.05) is 6.07 Å². The summed E-state index contributed by atoms with van der Waals surface area (Å²) in [5, 5.41) is 3.34. The number of rotatable bonds is 6. The zero-order valence-corrected chi connectivity index (χ0v) is 11.5. The van der Waals surface area contributed by atoms with Gasteiger partial charge >= 0.3 is 0 Å². The largest absolute Gasteiger partial charge is 0.317 e. The first kappa shape index (κ1) is 13.7. The van der Waals surface area contributed by atoms with Crippen molar-refractivity contribution in [1.82, 2.24) is 5.32 Å². The van der Waals surface area contributed by atoms with Gasteiger partial charge in [-0.15, -0.1) is 0 Å². The van der Waals surface area contributed by atoms with E-state index in [4.69, 9.17) is 0 Å². The second-order valence-corrected chi connectivity index (χ2v) is 5.02. The molecule has 0 bridgehead atoms. The van der Waals surface area contributed by atoms with Crippen molar-refractivity contribution in [3.8, 4) is 0 Å². The molecule has 0 spiro atoms. The van der Waals surface area contributed by atoms with Gasteiger partial charge in [0.15, 0.2) is 0 Å². The minimum Gasteiger partial charge on any atom is -0.317 e. The lowest BCUT2D eigenvalue weighted by molar-refractivity contribution is 0.551. The van der Waals surface area contributed by atoms with Crippen molar-refractivity contribution in [3.63, 3.8) is 0 Å². The maximum Gasteiger partial charge on any atom is 0.126 e. The van der Waals surface area contributed by atoms with Crippen LogP contribution in [-0.4, -0.2) is 13.1 Å². The monoisotopic (exact) mass is 287 g/mol. The maximum atomic E-state index is 13.6. The summed E-state index contributed by atoms with van der Waals surface area (Å²) in [6, 6.07) is 5.14.